The van der Waals surface area contributed by atoms with Crippen molar-refractivity contribution in [3.05, 3.63) is 64.8 Å². The molecule has 0 amide bonds. The number of benzene rings is 2. The summed E-state index contributed by atoms with van der Waals surface area (Å²) in [6.07, 6.45) is 0. The number of ether oxygens (including phenoxy) is 1. The molecule has 3 aromatic rings. The van der Waals surface area contributed by atoms with Crippen LogP contribution in [-0.4, -0.2) is 55.5 Å². The lowest BCUT2D eigenvalue weighted by molar-refractivity contribution is 0.335. The molecular weight excluding hydrogens is 462 g/mol. The molecule has 1 aromatic heterocycles. The van der Waals surface area contributed by atoms with E-state index < -0.39 is 10.0 Å². The standard InChI is InChI=1S/C26H33N5O3S/c1-6-34-25-19(3)15-23(16-20(25)4)35(32,33)31-13-11-30(12-14-31)26-27-21(5)17-24(29-26)28-22-9-7-18(2)8-10-22/h7-10,15-17H,6,11-14H2,1-5H3,(H,27,28,29). The number of sulfonamides is 1. The van der Waals surface area contributed by atoms with Crippen LogP contribution in [0.4, 0.5) is 17.5 Å². The van der Waals surface area contributed by atoms with Gasteiger partial charge in [0.05, 0.1) is 11.5 Å². The maximum atomic E-state index is 13.4. The van der Waals surface area contributed by atoms with Crippen molar-refractivity contribution in [3.63, 3.8) is 0 Å². The zero-order valence-electron chi connectivity index (χ0n) is 21.0. The van der Waals surface area contributed by atoms with Gasteiger partial charge in [0.15, 0.2) is 0 Å². The van der Waals surface area contributed by atoms with E-state index in [9.17, 15) is 8.42 Å². The minimum absolute atomic E-state index is 0.306. The van der Waals surface area contributed by atoms with Gasteiger partial charge in [-0.2, -0.15) is 9.29 Å². The highest BCUT2D eigenvalue weighted by Gasteiger charge is 2.30. The molecule has 1 aliphatic rings. The topological polar surface area (TPSA) is 87.7 Å². The molecule has 9 heteroatoms. The van der Waals surface area contributed by atoms with E-state index in [1.807, 2.05) is 62.9 Å². The van der Waals surface area contributed by atoms with Crippen molar-refractivity contribution in [3.8, 4) is 5.75 Å². The number of piperazine rings is 1. The Hall–Kier alpha value is -3.17. The minimum Gasteiger partial charge on any atom is -0.493 e. The van der Waals surface area contributed by atoms with E-state index in [-0.39, 0.29) is 0 Å². The third-order valence-electron chi connectivity index (χ3n) is 6.05. The average Bonchev–Trinajstić information content (AvgIpc) is 2.82. The third kappa shape index (κ3) is 5.57. The lowest BCUT2D eigenvalue weighted by Crippen LogP contribution is -2.49. The van der Waals surface area contributed by atoms with E-state index in [0.717, 1.165) is 28.3 Å². The van der Waals surface area contributed by atoms with Crippen molar-refractivity contribution >= 4 is 27.5 Å². The molecule has 0 aliphatic carbocycles. The lowest BCUT2D eigenvalue weighted by Gasteiger charge is -2.34. The van der Waals surface area contributed by atoms with E-state index in [1.165, 1.54) is 5.56 Å². The van der Waals surface area contributed by atoms with Crippen LogP contribution >= 0.6 is 0 Å². The van der Waals surface area contributed by atoms with E-state index >= 15 is 0 Å². The van der Waals surface area contributed by atoms with Crippen LogP contribution in [-0.2, 0) is 10.0 Å². The fourth-order valence-electron chi connectivity index (χ4n) is 4.25. The van der Waals surface area contributed by atoms with Crippen molar-refractivity contribution in [1.29, 1.82) is 0 Å². The Balaban J connectivity index is 1.47. The molecule has 0 spiro atoms. The molecule has 0 unspecified atom stereocenters. The number of nitrogens with zero attached hydrogens (tertiary/aromatic N) is 4. The second kappa shape index (κ2) is 10.2. The van der Waals surface area contributed by atoms with E-state index in [2.05, 4.69) is 17.2 Å². The predicted molar refractivity (Wildman–Crippen MR) is 139 cm³/mol. The van der Waals surface area contributed by atoms with Gasteiger partial charge in [0.1, 0.15) is 11.6 Å². The summed E-state index contributed by atoms with van der Waals surface area (Å²) >= 11 is 0. The maximum absolute atomic E-state index is 13.4. The van der Waals surface area contributed by atoms with Crippen molar-refractivity contribution < 1.29 is 13.2 Å². The van der Waals surface area contributed by atoms with Gasteiger partial charge in [0, 0.05) is 43.6 Å². The molecule has 0 bridgehead atoms. The highest BCUT2D eigenvalue weighted by atomic mass is 32.2. The molecule has 35 heavy (non-hydrogen) atoms. The molecule has 2 heterocycles. The van der Waals surface area contributed by atoms with Crippen molar-refractivity contribution in [2.75, 3.05) is 43.0 Å². The first kappa shape index (κ1) is 24.9. The van der Waals surface area contributed by atoms with E-state index in [0.29, 0.717) is 49.4 Å². The summed E-state index contributed by atoms with van der Waals surface area (Å²) in [5.41, 5.74) is 4.65. The molecular formula is C26H33N5O3S. The Kier molecular flexibility index (Phi) is 7.28. The zero-order chi connectivity index (χ0) is 25.2. The highest BCUT2D eigenvalue weighted by Crippen LogP contribution is 2.29. The second-order valence-electron chi connectivity index (χ2n) is 8.90. The van der Waals surface area contributed by atoms with Gasteiger partial charge in [-0.1, -0.05) is 17.7 Å². The monoisotopic (exact) mass is 495 g/mol. The highest BCUT2D eigenvalue weighted by molar-refractivity contribution is 7.89. The largest absolute Gasteiger partial charge is 0.493 e. The summed E-state index contributed by atoms with van der Waals surface area (Å²) in [4.78, 5) is 11.6. The average molecular weight is 496 g/mol. The number of aromatic nitrogens is 2. The third-order valence-corrected chi connectivity index (χ3v) is 7.92. The van der Waals surface area contributed by atoms with Gasteiger partial charge in [-0.15, -0.1) is 0 Å². The van der Waals surface area contributed by atoms with E-state index in [4.69, 9.17) is 9.72 Å². The van der Waals surface area contributed by atoms with Gasteiger partial charge in [0.2, 0.25) is 16.0 Å². The lowest BCUT2D eigenvalue weighted by atomic mass is 10.1. The zero-order valence-corrected chi connectivity index (χ0v) is 21.8. The summed E-state index contributed by atoms with van der Waals surface area (Å²) in [6, 6.07) is 13.4. The molecule has 186 valence electrons. The molecule has 1 saturated heterocycles. The number of aryl methyl sites for hydroxylation is 4. The Morgan fingerprint density at radius 2 is 1.54 bits per heavy atom. The number of hydrogen-bond donors (Lipinski definition) is 1. The maximum Gasteiger partial charge on any atom is 0.243 e. The Morgan fingerprint density at radius 1 is 0.914 bits per heavy atom. The number of hydrogen-bond acceptors (Lipinski definition) is 7. The smallest absolute Gasteiger partial charge is 0.243 e. The molecule has 8 nitrogen and oxygen atoms in total. The Bertz CT molecular complexity index is 1280. The molecule has 0 radical (unpaired) electrons. The molecule has 0 atom stereocenters. The fraction of sp³-hybridized carbons (Fsp3) is 0.385. The van der Waals surface area contributed by atoms with Crippen LogP contribution in [0.1, 0.15) is 29.3 Å². The van der Waals surface area contributed by atoms with Crippen LogP contribution in [0.25, 0.3) is 0 Å². The van der Waals surface area contributed by atoms with Crippen LogP contribution in [0.3, 0.4) is 0 Å². The van der Waals surface area contributed by atoms with Crippen molar-refractivity contribution in [2.45, 2.75) is 39.5 Å². The SMILES string of the molecule is CCOc1c(C)cc(S(=O)(=O)N2CCN(c3nc(C)cc(Nc4ccc(C)cc4)n3)CC2)cc1C. The predicted octanol–water partition coefficient (Wildman–Crippen LogP) is 4.36. The van der Waals surface area contributed by atoms with Crippen LogP contribution in [0, 0.1) is 27.7 Å². The summed E-state index contributed by atoms with van der Waals surface area (Å²) in [5.74, 6) is 2.07. The van der Waals surface area contributed by atoms with Gasteiger partial charge < -0.3 is 15.0 Å². The second-order valence-corrected chi connectivity index (χ2v) is 10.8. The Morgan fingerprint density at radius 3 is 2.14 bits per heavy atom. The van der Waals surface area contributed by atoms with Gasteiger partial charge >= 0.3 is 0 Å². The minimum atomic E-state index is -3.61. The molecule has 1 fully saturated rings. The molecule has 1 N–H and O–H groups in total. The van der Waals surface area contributed by atoms with Crippen LogP contribution in [0.15, 0.2) is 47.4 Å². The number of nitrogens with one attached hydrogen (secondary N) is 1. The van der Waals surface area contributed by atoms with Gasteiger partial charge in [0.25, 0.3) is 0 Å². The van der Waals surface area contributed by atoms with Crippen LogP contribution in [0.2, 0.25) is 0 Å². The first-order valence-electron chi connectivity index (χ1n) is 11.9. The summed E-state index contributed by atoms with van der Waals surface area (Å²) in [7, 11) is -3.61. The van der Waals surface area contributed by atoms with Gasteiger partial charge in [-0.3, -0.25) is 0 Å². The van der Waals surface area contributed by atoms with Crippen molar-refractivity contribution in [2.24, 2.45) is 0 Å². The fourth-order valence-corrected chi connectivity index (χ4v) is 5.85. The van der Waals surface area contributed by atoms with E-state index in [1.54, 1.807) is 16.4 Å². The molecule has 1 aliphatic heterocycles. The number of rotatable bonds is 7. The normalized spacial score (nSPS) is 14.7. The number of anilines is 3. The summed E-state index contributed by atoms with van der Waals surface area (Å²) < 4.78 is 33.9. The molecule has 2 aromatic carbocycles. The first-order chi connectivity index (χ1) is 16.7. The quantitative estimate of drug-likeness (QED) is 0.521. The Labute approximate surface area is 208 Å². The summed E-state index contributed by atoms with van der Waals surface area (Å²) in [6.45, 7) is 12.0. The van der Waals surface area contributed by atoms with Crippen LogP contribution in [0.5, 0.6) is 5.75 Å². The summed E-state index contributed by atoms with van der Waals surface area (Å²) in [5, 5.41) is 3.34. The van der Waals surface area contributed by atoms with Crippen LogP contribution < -0.4 is 15.0 Å². The molecule has 4 rings (SSSR count). The molecule has 0 saturated carbocycles. The van der Waals surface area contributed by atoms with Crippen molar-refractivity contribution in [1.82, 2.24) is 14.3 Å². The van der Waals surface area contributed by atoms with Gasteiger partial charge in [-0.25, -0.2) is 13.4 Å². The first-order valence-corrected chi connectivity index (χ1v) is 13.3. The van der Waals surface area contributed by atoms with Gasteiger partial charge in [-0.05, 0) is 70.0 Å².